The zero-order valence-corrected chi connectivity index (χ0v) is 19.2. The molecular weight excluding hydrogens is 434 g/mol. The Kier molecular flexibility index (Phi) is 6.76. The average Bonchev–Trinajstić information content (AvgIpc) is 2.92. The summed E-state index contributed by atoms with van der Waals surface area (Å²) in [5.74, 6) is 0.745. The summed E-state index contributed by atoms with van der Waals surface area (Å²) >= 11 is 0. The largest absolute Gasteiger partial charge is 0.487 e. The predicted octanol–water partition coefficient (Wildman–Crippen LogP) is 5.98. The Hall–Kier alpha value is -4.51. The van der Waals surface area contributed by atoms with Crippen molar-refractivity contribution in [2.45, 2.75) is 19.6 Å². The Morgan fingerprint density at radius 2 is 1.54 bits per heavy atom. The van der Waals surface area contributed by atoms with Crippen molar-refractivity contribution in [1.29, 1.82) is 0 Å². The summed E-state index contributed by atoms with van der Waals surface area (Å²) in [5, 5.41) is 1.11. The van der Waals surface area contributed by atoms with Gasteiger partial charge in [0.15, 0.2) is 0 Å². The molecule has 5 nitrogen and oxygen atoms in total. The SMILES string of the molecule is O=C(Cc1ccccc1)N(Cc1cccnc1)c1ccc(OCc2ccc3ccccc3n2)cc1. The third-order valence-corrected chi connectivity index (χ3v) is 5.75. The number of fused-ring (bicyclic) bond motifs is 1. The smallest absolute Gasteiger partial charge is 0.231 e. The van der Waals surface area contributed by atoms with Crippen LogP contribution in [0.2, 0.25) is 0 Å². The fraction of sp³-hybridized carbons (Fsp3) is 0.100. The minimum atomic E-state index is 0.0223. The highest BCUT2D eigenvalue weighted by atomic mass is 16.5. The number of hydrogen-bond donors (Lipinski definition) is 0. The van der Waals surface area contributed by atoms with Gasteiger partial charge in [0, 0.05) is 23.5 Å². The van der Waals surface area contributed by atoms with Gasteiger partial charge in [0.1, 0.15) is 12.4 Å². The molecular formula is C30H25N3O2. The van der Waals surface area contributed by atoms with E-state index in [2.05, 4.69) is 16.0 Å². The van der Waals surface area contributed by atoms with Gasteiger partial charge in [-0.1, -0.05) is 60.7 Å². The van der Waals surface area contributed by atoms with Gasteiger partial charge in [-0.25, -0.2) is 4.98 Å². The van der Waals surface area contributed by atoms with Gasteiger partial charge in [0.05, 0.1) is 24.2 Å². The number of aromatic nitrogens is 2. The number of ether oxygens (including phenoxy) is 1. The average molecular weight is 460 g/mol. The Balaban J connectivity index is 1.31. The third kappa shape index (κ3) is 5.71. The van der Waals surface area contributed by atoms with Crippen LogP contribution in [-0.2, 0) is 24.4 Å². The fourth-order valence-corrected chi connectivity index (χ4v) is 3.93. The van der Waals surface area contributed by atoms with Gasteiger partial charge in [0.25, 0.3) is 0 Å². The minimum absolute atomic E-state index is 0.0223. The molecule has 0 spiro atoms. The van der Waals surface area contributed by atoms with Crippen LogP contribution in [0, 0.1) is 0 Å². The van der Waals surface area contributed by atoms with Crippen molar-refractivity contribution in [2.75, 3.05) is 4.90 Å². The van der Waals surface area contributed by atoms with Crippen LogP contribution >= 0.6 is 0 Å². The van der Waals surface area contributed by atoms with Gasteiger partial charge in [-0.05, 0) is 53.6 Å². The Morgan fingerprint density at radius 3 is 2.34 bits per heavy atom. The van der Waals surface area contributed by atoms with Gasteiger partial charge >= 0.3 is 0 Å². The van der Waals surface area contributed by atoms with E-state index >= 15 is 0 Å². The second-order valence-corrected chi connectivity index (χ2v) is 8.28. The molecule has 3 aromatic carbocycles. The van der Waals surface area contributed by atoms with E-state index in [-0.39, 0.29) is 5.91 Å². The second kappa shape index (κ2) is 10.6. The maximum absolute atomic E-state index is 13.3. The minimum Gasteiger partial charge on any atom is -0.487 e. The summed E-state index contributed by atoms with van der Waals surface area (Å²) < 4.78 is 5.97. The maximum atomic E-state index is 13.3. The highest BCUT2D eigenvalue weighted by Gasteiger charge is 2.17. The number of hydrogen-bond acceptors (Lipinski definition) is 4. The lowest BCUT2D eigenvalue weighted by molar-refractivity contribution is -0.118. The van der Waals surface area contributed by atoms with Crippen molar-refractivity contribution in [3.8, 4) is 5.75 Å². The topological polar surface area (TPSA) is 55.3 Å². The zero-order valence-electron chi connectivity index (χ0n) is 19.2. The van der Waals surface area contributed by atoms with E-state index in [1.165, 1.54) is 0 Å². The van der Waals surface area contributed by atoms with E-state index in [1.807, 2.05) is 97.1 Å². The lowest BCUT2D eigenvalue weighted by Crippen LogP contribution is -2.31. The molecule has 0 radical (unpaired) electrons. The molecule has 0 aliphatic rings. The molecule has 2 aromatic heterocycles. The van der Waals surface area contributed by atoms with Crippen LogP contribution in [0.15, 0.2) is 116 Å². The molecule has 0 aliphatic carbocycles. The quantitative estimate of drug-likeness (QED) is 0.286. The van der Waals surface area contributed by atoms with Gasteiger partial charge in [0.2, 0.25) is 5.91 Å². The Morgan fingerprint density at radius 1 is 0.771 bits per heavy atom. The Labute approximate surface area is 204 Å². The number of pyridine rings is 2. The Bertz CT molecular complexity index is 1400. The first-order chi connectivity index (χ1) is 17.2. The van der Waals surface area contributed by atoms with Crippen LogP contribution in [0.3, 0.4) is 0 Å². The highest BCUT2D eigenvalue weighted by Crippen LogP contribution is 2.23. The van der Waals surface area contributed by atoms with E-state index in [0.717, 1.165) is 39.2 Å². The summed E-state index contributed by atoms with van der Waals surface area (Å²) in [5.41, 5.74) is 4.58. The van der Waals surface area contributed by atoms with Crippen molar-refractivity contribution >= 4 is 22.5 Å². The van der Waals surface area contributed by atoms with Crippen LogP contribution in [0.25, 0.3) is 10.9 Å². The normalized spacial score (nSPS) is 10.7. The molecule has 0 unspecified atom stereocenters. The van der Waals surface area contributed by atoms with Gasteiger partial charge in [-0.3, -0.25) is 9.78 Å². The summed E-state index contributed by atoms with van der Waals surface area (Å²) in [7, 11) is 0. The van der Waals surface area contributed by atoms with E-state index < -0.39 is 0 Å². The first kappa shape index (κ1) is 22.3. The molecule has 0 atom stereocenters. The van der Waals surface area contributed by atoms with Crippen LogP contribution in [-0.4, -0.2) is 15.9 Å². The van der Waals surface area contributed by atoms with Gasteiger partial charge in [-0.2, -0.15) is 0 Å². The van der Waals surface area contributed by atoms with E-state index in [0.29, 0.717) is 19.6 Å². The first-order valence-corrected chi connectivity index (χ1v) is 11.6. The van der Waals surface area contributed by atoms with E-state index in [4.69, 9.17) is 4.74 Å². The molecule has 0 fully saturated rings. The standard InChI is InChI=1S/C30H25N3O2/c34-30(19-23-7-2-1-3-8-23)33(21-24-9-6-18-31-20-24)27-14-16-28(17-15-27)35-22-26-13-12-25-10-4-5-11-29(25)32-26/h1-18,20H,19,21-22H2. The second-order valence-electron chi connectivity index (χ2n) is 8.28. The van der Waals surface area contributed by atoms with E-state index in [9.17, 15) is 4.79 Å². The molecule has 0 saturated heterocycles. The molecule has 5 rings (SSSR count). The number of carbonyl (C=O) groups is 1. The van der Waals surface area contributed by atoms with Gasteiger partial charge in [-0.15, -0.1) is 0 Å². The molecule has 5 aromatic rings. The molecule has 1 amide bonds. The number of amides is 1. The molecule has 5 heteroatoms. The number of carbonyl (C=O) groups excluding carboxylic acids is 1. The number of rotatable bonds is 8. The molecule has 0 saturated carbocycles. The first-order valence-electron chi connectivity index (χ1n) is 11.6. The molecule has 172 valence electrons. The van der Waals surface area contributed by atoms with Crippen LogP contribution in [0.1, 0.15) is 16.8 Å². The van der Waals surface area contributed by atoms with Crippen LogP contribution in [0.4, 0.5) is 5.69 Å². The van der Waals surface area contributed by atoms with Crippen molar-refractivity contribution in [3.05, 3.63) is 132 Å². The zero-order chi connectivity index (χ0) is 23.9. The summed E-state index contributed by atoms with van der Waals surface area (Å²) in [6.45, 7) is 0.817. The van der Waals surface area contributed by atoms with Crippen LogP contribution in [0.5, 0.6) is 5.75 Å². The maximum Gasteiger partial charge on any atom is 0.231 e. The molecule has 35 heavy (non-hydrogen) atoms. The molecule has 0 bridgehead atoms. The van der Waals surface area contributed by atoms with E-state index in [1.54, 1.807) is 17.3 Å². The number of nitrogens with zero attached hydrogens (tertiary/aromatic N) is 3. The monoisotopic (exact) mass is 459 g/mol. The lowest BCUT2D eigenvalue weighted by atomic mass is 10.1. The molecule has 0 aliphatic heterocycles. The highest BCUT2D eigenvalue weighted by molar-refractivity contribution is 5.94. The van der Waals surface area contributed by atoms with Crippen LogP contribution < -0.4 is 9.64 Å². The van der Waals surface area contributed by atoms with Crippen molar-refractivity contribution in [1.82, 2.24) is 9.97 Å². The third-order valence-electron chi connectivity index (χ3n) is 5.75. The van der Waals surface area contributed by atoms with Gasteiger partial charge < -0.3 is 9.64 Å². The summed E-state index contributed by atoms with van der Waals surface area (Å²) in [6, 6.07) is 33.3. The number of benzene rings is 3. The van der Waals surface area contributed by atoms with Crippen molar-refractivity contribution < 1.29 is 9.53 Å². The lowest BCUT2D eigenvalue weighted by Gasteiger charge is -2.23. The molecule has 0 N–H and O–H groups in total. The summed E-state index contributed by atoms with van der Waals surface area (Å²) in [6.07, 6.45) is 3.85. The fourth-order valence-electron chi connectivity index (χ4n) is 3.93. The number of para-hydroxylation sites is 1. The van der Waals surface area contributed by atoms with Crippen molar-refractivity contribution in [2.24, 2.45) is 0 Å². The molecule has 2 heterocycles. The summed E-state index contributed by atoms with van der Waals surface area (Å²) in [4.78, 5) is 23.9. The predicted molar refractivity (Wildman–Crippen MR) is 138 cm³/mol. The number of anilines is 1. The van der Waals surface area contributed by atoms with Crippen molar-refractivity contribution in [3.63, 3.8) is 0 Å².